The van der Waals surface area contributed by atoms with Crippen LogP contribution in [0.4, 0.5) is 0 Å². The molecule has 0 heterocycles. The van der Waals surface area contributed by atoms with Crippen molar-refractivity contribution < 1.29 is 0 Å². The molecule has 0 aliphatic heterocycles. The molecule has 1 fully saturated rings. The van der Waals surface area contributed by atoms with Crippen LogP contribution < -0.4 is 0 Å². The van der Waals surface area contributed by atoms with Crippen LogP contribution in [0.15, 0.2) is 0 Å². The zero-order valence-electron chi connectivity index (χ0n) is 3.32. The molecule has 0 saturated heterocycles. The second-order valence-corrected chi connectivity index (χ2v) is 2.84. The lowest BCUT2D eigenvalue weighted by molar-refractivity contribution is 1.46. The maximum absolute atomic E-state index is 5.44. The minimum absolute atomic E-state index is 0.0926. The van der Waals surface area contributed by atoms with E-state index in [-0.39, 0.29) is 5.54 Å². The van der Waals surface area contributed by atoms with Crippen molar-refractivity contribution >= 4 is 28.5 Å². The first-order valence-electron chi connectivity index (χ1n) is 2.09. The second-order valence-electron chi connectivity index (χ2n) is 1.67. The van der Waals surface area contributed by atoms with Gasteiger partial charge in [0.05, 0.1) is 0 Å². The fourth-order valence-electron chi connectivity index (χ4n) is 0.348. The molecule has 0 aromatic carbocycles. The number of rotatable bonds is 1. The van der Waals surface area contributed by atoms with Gasteiger partial charge in [-0.3, -0.25) is 0 Å². The number of hydrogen-bond acceptors (Lipinski definition) is 0. The molecule has 0 N–H and O–H groups in total. The topological polar surface area (TPSA) is 0 Å². The Balaban J connectivity index is 2.13. The first kappa shape index (κ1) is 4.80. The molecule has 1 aliphatic rings. The average molecular weight is 123 g/mol. The van der Waals surface area contributed by atoms with Gasteiger partial charge in [0.2, 0.25) is 0 Å². The molecule has 3 heteroatoms. The molecule has 6 heavy (non-hydrogen) atoms. The zero-order valence-corrected chi connectivity index (χ0v) is 4.84. The summed E-state index contributed by atoms with van der Waals surface area (Å²) in [6, 6.07) is 0. The molecular formula is C3H5BCl2. The van der Waals surface area contributed by atoms with Crippen LogP contribution in [0.1, 0.15) is 12.8 Å². The summed E-state index contributed by atoms with van der Waals surface area (Å²) >= 11 is 10.9. The predicted molar refractivity (Wildman–Crippen MR) is 30.4 cm³/mol. The standard InChI is InChI=1S/C3H5BCl2/c5-4(6)3-1-2-3/h3H,1-2H2. The van der Waals surface area contributed by atoms with Crippen molar-refractivity contribution in [2.45, 2.75) is 18.7 Å². The summed E-state index contributed by atoms with van der Waals surface area (Å²) in [6.07, 6.45) is 2.47. The zero-order chi connectivity index (χ0) is 4.57. The molecule has 0 nitrogen and oxygen atoms in total. The van der Waals surface area contributed by atoms with Gasteiger partial charge in [-0.1, -0.05) is 12.8 Å². The Kier molecular flexibility index (Phi) is 1.30. The molecular weight excluding hydrogens is 118 g/mol. The number of halogens is 2. The molecule has 0 spiro atoms. The van der Waals surface area contributed by atoms with Crippen molar-refractivity contribution in [3.63, 3.8) is 0 Å². The van der Waals surface area contributed by atoms with Crippen LogP contribution in [0.5, 0.6) is 0 Å². The van der Waals surface area contributed by atoms with Crippen molar-refractivity contribution in [3.05, 3.63) is 0 Å². The Morgan fingerprint density at radius 1 is 1.33 bits per heavy atom. The SMILES string of the molecule is ClB(Cl)C1CC1. The minimum Gasteiger partial charge on any atom is -0.171 e. The molecule has 0 amide bonds. The van der Waals surface area contributed by atoms with Crippen LogP contribution >= 0.6 is 22.9 Å². The molecule has 34 valence electrons. The smallest absolute Gasteiger partial charge is 0.171 e. The van der Waals surface area contributed by atoms with Gasteiger partial charge < -0.3 is 0 Å². The van der Waals surface area contributed by atoms with Crippen molar-refractivity contribution in [3.8, 4) is 0 Å². The lowest BCUT2D eigenvalue weighted by Crippen LogP contribution is -1.87. The molecule has 0 aromatic rings. The quantitative estimate of drug-likeness (QED) is 0.468. The highest BCUT2D eigenvalue weighted by atomic mass is 35.5. The van der Waals surface area contributed by atoms with E-state index in [4.69, 9.17) is 22.9 Å². The fraction of sp³-hybridized carbons (Fsp3) is 1.00. The van der Waals surface area contributed by atoms with Crippen molar-refractivity contribution in [1.82, 2.24) is 0 Å². The Morgan fingerprint density at radius 3 is 1.83 bits per heavy atom. The highest BCUT2D eigenvalue weighted by Crippen LogP contribution is 2.41. The van der Waals surface area contributed by atoms with E-state index in [9.17, 15) is 0 Å². The van der Waals surface area contributed by atoms with E-state index in [1.807, 2.05) is 0 Å². The summed E-state index contributed by atoms with van der Waals surface area (Å²) in [7, 11) is 0. The number of hydrogen-bond donors (Lipinski definition) is 0. The van der Waals surface area contributed by atoms with Crippen molar-refractivity contribution in [1.29, 1.82) is 0 Å². The lowest BCUT2D eigenvalue weighted by atomic mass is 10.00. The Labute approximate surface area is 47.7 Å². The highest BCUT2D eigenvalue weighted by molar-refractivity contribution is 7.34. The fourth-order valence-corrected chi connectivity index (χ4v) is 0.852. The first-order valence-corrected chi connectivity index (χ1v) is 2.96. The normalized spacial score (nSPS) is 21.0. The second kappa shape index (κ2) is 1.63. The van der Waals surface area contributed by atoms with E-state index >= 15 is 0 Å². The minimum atomic E-state index is -0.0926. The summed E-state index contributed by atoms with van der Waals surface area (Å²) in [6.45, 7) is 0. The van der Waals surface area contributed by atoms with Crippen LogP contribution in [-0.2, 0) is 0 Å². The van der Waals surface area contributed by atoms with E-state index in [1.165, 1.54) is 12.8 Å². The summed E-state index contributed by atoms with van der Waals surface area (Å²) < 4.78 is 0. The van der Waals surface area contributed by atoms with Gasteiger partial charge in [0.1, 0.15) is 0 Å². The van der Waals surface area contributed by atoms with Crippen LogP contribution in [0.2, 0.25) is 5.82 Å². The van der Waals surface area contributed by atoms with E-state index in [2.05, 4.69) is 0 Å². The van der Waals surface area contributed by atoms with Gasteiger partial charge in [-0.05, 0) is 5.82 Å². The van der Waals surface area contributed by atoms with Gasteiger partial charge in [0.15, 0.2) is 0 Å². The lowest BCUT2D eigenvalue weighted by Gasteiger charge is -1.81. The van der Waals surface area contributed by atoms with Crippen LogP contribution in [0.25, 0.3) is 0 Å². The van der Waals surface area contributed by atoms with Gasteiger partial charge in [0.25, 0.3) is 0 Å². The van der Waals surface area contributed by atoms with Crippen LogP contribution in [0, 0.1) is 0 Å². The maximum atomic E-state index is 5.44. The predicted octanol–water partition coefficient (Wildman–Crippen LogP) is 2.12. The molecule has 0 bridgehead atoms. The molecule has 1 rings (SSSR count). The van der Waals surface area contributed by atoms with Gasteiger partial charge in [-0.2, -0.15) is 22.9 Å². The summed E-state index contributed by atoms with van der Waals surface area (Å²) in [5.74, 6) is 0.633. The van der Waals surface area contributed by atoms with E-state index in [0.717, 1.165) is 0 Å². The summed E-state index contributed by atoms with van der Waals surface area (Å²) in [5, 5.41) is 0. The Bertz CT molecular complexity index is 50.8. The summed E-state index contributed by atoms with van der Waals surface area (Å²) in [5.41, 5.74) is -0.0926. The molecule has 0 unspecified atom stereocenters. The van der Waals surface area contributed by atoms with E-state index in [1.54, 1.807) is 0 Å². The van der Waals surface area contributed by atoms with Gasteiger partial charge in [0, 0.05) is 0 Å². The third-order valence-electron chi connectivity index (χ3n) is 0.978. The Morgan fingerprint density at radius 2 is 1.83 bits per heavy atom. The van der Waals surface area contributed by atoms with Crippen LogP contribution in [0.3, 0.4) is 0 Å². The molecule has 1 aliphatic carbocycles. The highest BCUT2D eigenvalue weighted by Gasteiger charge is 2.31. The molecule has 0 atom stereocenters. The van der Waals surface area contributed by atoms with Gasteiger partial charge in [-0.15, -0.1) is 0 Å². The average Bonchev–Trinajstić information content (AvgIpc) is 2.06. The van der Waals surface area contributed by atoms with Crippen molar-refractivity contribution in [2.75, 3.05) is 0 Å². The summed E-state index contributed by atoms with van der Waals surface area (Å²) in [4.78, 5) is 0. The molecule has 0 aromatic heterocycles. The largest absolute Gasteiger partial charge is 0.354 e. The van der Waals surface area contributed by atoms with Gasteiger partial charge >= 0.3 is 5.54 Å². The van der Waals surface area contributed by atoms with Crippen molar-refractivity contribution in [2.24, 2.45) is 0 Å². The molecule has 1 saturated carbocycles. The first-order chi connectivity index (χ1) is 2.80. The third kappa shape index (κ3) is 1.06. The van der Waals surface area contributed by atoms with Gasteiger partial charge in [-0.25, -0.2) is 0 Å². The third-order valence-corrected chi connectivity index (χ3v) is 1.69. The van der Waals surface area contributed by atoms with Crippen LogP contribution in [-0.4, -0.2) is 5.54 Å². The monoisotopic (exact) mass is 122 g/mol. The Hall–Kier alpha value is 0.645. The van der Waals surface area contributed by atoms with E-state index in [0.29, 0.717) is 5.82 Å². The maximum Gasteiger partial charge on any atom is 0.354 e. The molecule has 0 radical (unpaired) electrons. The van der Waals surface area contributed by atoms with E-state index < -0.39 is 0 Å².